The topological polar surface area (TPSA) is 354 Å². The molecular weight excluding hydrogens is 1070 g/mol. The third-order valence-electron chi connectivity index (χ3n) is 7.71. The molecule has 11 N–H and O–H groups in total. The zero-order valence-corrected chi connectivity index (χ0v) is 36.6. The van der Waals surface area contributed by atoms with Crippen molar-refractivity contribution in [1.29, 1.82) is 0 Å². The molecule has 1 aliphatic rings. The van der Waals surface area contributed by atoms with Gasteiger partial charge in [0.25, 0.3) is 0 Å². The van der Waals surface area contributed by atoms with Gasteiger partial charge in [-0.3, -0.25) is 72.7 Å². The van der Waals surface area contributed by atoms with Gasteiger partial charge in [-0.15, -0.1) is 0 Å². The molecule has 1 radical (unpaired) electrons. The van der Waals surface area contributed by atoms with Crippen LogP contribution in [0.25, 0.3) is 0 Å². The van der Waals surface area contributed by atoms with Crippen LogP contribution in [0.4, 0.5) is 0 Å². The Labute approximate surface area is 399 Å². The fourth-order valence-electron chi connectivity index (χ4n) is 5.32. The molecule has 1 saturated heterocycles. The summed E-state index contributed by atoms with van der Waals surface area (Å²) in [6.45, 7) is 8.82. The van der Waals surface area contributed by atoms with Crippen molar-refractivity contribution in [2.75, 3.05) is 137 Å². The van der Waals surface area contributed by atoms with Gasteiger partial charge >= 0.3 is 87.7 Å². The Kier molecular flexibility index (Phi) is 38.1. The second kappa shape index (κ2) is 35.5. The number of rotatable bonds is 24. The van der Waals surface area contributed by atoms with Crippen molar-refractivity contribution < 1.29 is 165 Å². The van der Waals surface area contributed by atoms with Crippen molar-refractivity contribution in [1.82, 2.24) is 34.3 Å². The molecule has 0 bridgehead atoms. The van der Waals surface area contributed by atoms with E-state index in [0.29, 0.717) is 58.9 Å². The molecule has 0 unspecified atom stereocenters. The Morgan fingerprint density at radius 3 is 0.793 bits per heavy atom. The van der Waals surface area contributed by atoms with Gasteiger partial charge in [-0.25, -0.2) is 19.1 Å². The fourth-order valence-corrected chi connectivity index (χ4v) is 5.32. The summed E-state index contributed by atoms with van der Waals surface area (Å²) < 4.78 is 0. The summed E-state index contributed by atoms with van der Waals surface area (Å²) in [4.78, 5) is 98.4. The van der Waals surface area contributed by atoms with Crippen molar-refractivity contribution in [2.45, 2.75) is 0 Å². The zero-order valence-electron chi connectivity index (χ0n) is 32.0. The Morgan fingerprint density at radius 1 is 0.414 bits per heavy atom. The largest absolute Gasteiger partial charge is 3.00 e. The van der Waals surface area contributed by atoms with Gasteiger partial charge in [0.05, 0.1) is 52.4 Å². The number of aliphatic carboxylic acids is 8. The summed E-state index contributed by atoms with van der Waals surface area (Å²) in [6.07, 6.45) is 0. The minimum absolute atomic E-state index is 0. The number of nitrogens with zero attached hydrogens (tertiary/aromatic N) is 7. The zero-order chi connectivity index (χ0) is 42.1. The molecule has 0 aromatic carbocycles. The Balaban J connectivity index is -0.000000478. The van der Waals surface area contributed by atoms with Crippen LogP contribution < -0.4 is 0 Å². The van der Waals surface area contributed by atoms with E-state index in [1.807, 2.05) is 0 Å². The number of hydrogen-bond donors (Lipinski definition) is 8. The smallest absolute Gasteiger partial charge is 0.480 e. The summed E-state index contributed by atoms with van der Waals surface area (Å²) >= 11 is 0. The van der Waals surface area contributed by atoms with Crippen LogP contribution in [0.1, 0.15) is 0 Å². The van der Waals surface area contributed by atoms with E-state index in [9.17, 15) is 38.4 Å². The van der Waals surface area contributed by atoms with Crippen LogP contribution in [0, 0.1) is 86.8 Å². The van der Waals surface area contributed by atoms with Crippen LogP contribution in [0.5, 0.6) is 0 Å². The van der Waals surface area contributed by atoms with Gasteiger partial charge in [-0.05, 0) is 6.54 Å². The van der Waals surface area contributed by atoms with Gasteiger partial charge in [-0.2, -0.15) is 0 Å². The summed E-state index contributed by atoms with van der Waals surface area (Å²) in [5, 5.41) is 71.5. The second-order valence-corrected chi connectivity index (χ2v) is 12.7. The summed E-state index contributed by atoms with van der Waals surface area (Å²) in [5.41, 5.74) is 0.731. The number of carboxylic acids is 8. The molecule has 0 atom stereocenters. The fraction of sp³-hybridized carbons (Fsp3) is 0.656. The average Bonchev–Trinajstić information content (AvgIpc) is 3.01. The van der Waals surface area contributed by atoms with E-state index in [2.05, 4.69) is 18.4 Å². The SMILES string of the molecule is C=C([CH2-])CN1CCN(CC(=O)O)CCN(CC(=O)O)CCN(CC(=O)O)CC1.O=C(O)CN(CCN(CC(=O)O)CC(=O)O)CCN(CC(=O)O)CC(=O)O.[Gd+3].[Gd].[OH3+]. The first-order chi connectivity index (χ1) is 25.6. The molecule has 26 heteroatoms. The minimum atomic E-state index is -1.24. The third-order valence-corrected chi connectivity index (χ3v) is 7.71. The monoisotopic (exact) mass is 1130 g/mol. The predicted octanol–water partition coefficient (Wildman–Crippen LogP) is -4.75. The molecule has 0 aliphatic carbocycles. The van der Waals surface area contributed by atoms with Crippen molar-refractivity contribution in [2.24, 2.45) is 0 Å². The van der Waals surface area contributed by atoms with Gasteiger partial charge in [0, 0.05) is 118 Å². The van der Waals surface area contributed by atoms with Gasteiger partial charge in [-0.1, -0.05) is 0 Å². The molecule has 0 amide bonds. The molecule has 24 nitrogen and oxygen atoms in total. The Morgan fingerprint density at radius 2 is 0.603 bits per heavy atom. The molecule has 1 aliphatic heterocycles. The maximum absolute atomic E-state index is 11.2. The molecule has 1 heterocycles. The first-order valence-corrected chi connectivity index (χ1v) is 17.0. The van der Waals surface area contributed by atoms with Crippen LogP contribution in [0.15, 0.2) is 12.2 Å². The van der Waals surface area contributed by atoms with Gasteiger partial charge < -0.3 is 46.3 Å². The molecule has 335 valence electrons. The third kappa shape index (κ3) is 36.8. The standard InChI is InChI=1S/C18H31N4O6.C14H23N3O10.2Gd.H2O/c1-15(2)11-19-3-5-20(12-16(23)24)7-9-22(14-18(27)28)10-8-21(6-4-19)13-17(25)26;18-10(19)5-15(1-3-16(6-11(20)21)7-12(22)23)2-4-17(8-13(24)25)9-14(26)27;;;/h1-14H2,(H,23,24)(H,25,26)(H,27,28);1-9H2,(H,18,19)(H,20,21)(H,22,23)(H,24,25)(H,26,27);;;1H2/q-1;;;+3;/p+1. The van der Waals surface area contributed by atoms with Crippen molar-refractivity contribution in [3.63, 3.8) is 0 Å². The number of carboxylic acid groups (broad SMARTS) is 8. The molecule has 0 spiro atoms. The van der Waals surface area contributed by atoms with E-state index in [0.717, 1.165) is 15.4 Å². The summed E-state index contributed by atoms with van der Waals surface area (Å²) in [6, 6.07) is 0. The first-order valence-electron chi connectivity index (χ1n) is 17.0. The summed E-state index contributed by atoms with van der Waals surface area (Å²) in [7, 11) is 0. The predicted molar refractivity (Wildman–Crippen MR) is 196 cm³/mol. The second-order valence-electron chi connectivity index (χ2n) is 12.7. The molecule has 1 fully saturated rings. The number of carbonyl (C=O) groups is 8. The maximum Gasteiger partial charge on any atom is 3.00 e. The van der Waals surface area contributed by atoms with E-state index in [-0.39, 0.29) is 131 Å². The van der Waals surface area contributed by atoms with Crippen LogP contribution >= 0.6 is 0 Å². The molecular formula is C32H57Gd2N7O17+3. The van der Waals surface area contributed by atoms with Crippen LogP contribution in [0.3, 0.4) is 0 Å². The van der Waals surface area contributed by atoms with E-state index in [4.69, 9.17) is 40.9 Å². The molecule has 0 saturated carbocycles. The van der Waals surface area contributed by atoms with Crippen molar-refractivity contribution in [3.8, 4) is 0 Å². The summed E-state index contributed by atoms with van der Waals surface area (Å²) in [5.74, 6) is -8.99. The van der Waals surface area contributed by atoms with E-state index < -0.39 is 80.5 Å². The van der Waals surface area contributed by atoms with Gasteiger partial charge in [0.15, 0.2) is 0 Å². The first kappa shape index (κ1) is 62.4. The minimum Gasteiger partial charge on any atom is -0.480 e. The van der Waals surface area contributed by atoms with Crippen LogP contribution in [-0.2, 0) is 43.8 Å². The Hall–Kier alpha value is -2.30. The molecule has 0 aromatic heterocycles. The van der Waals surface area contributed by atoms with E-state index in [1.54, 1.807) is 14.7 Å². The normalized spacial score (nSPS) is 14.5. The van der Waals surface area contributed by atoms with Crippen molar-refractivity contribution >= 4 is 47.8 Å². The van der Waals surface area contributed by atoms with Crippen molar-refractivity contribution in [3.05, 3.63) is 19.1 Å². The van der Waals surface area contributed by atoms with E-state index >= 15 is 0 Å². The van der Waals surface area contributed by atoms with E-state index in [1.165, 1.54) is 4.90 Å². The quantitative estimate of drug-likeness (QED) is 0.0332. The maximum atomic E-state index is 11.2. The molecule has 0 aromatic rings. The van der Waals surface area contributed by atoms with Gasteiger partial charge in [0.1, 0.15) is 0 Å². The Bertz CT molecular complexity index is 1130. The molecule has 1 rings (SSSR count). The average molecular weight is 1130 g/mol. The van der Waals surface area contributed by atoms with Gasteiger partial charge in [0.2, 0.25) is 0 Å². The van der Waals surface area contributed by atoms with Crippen LogP contribution in [-0.4, -0.2) is 260 Å². The van der Waals surface area contributed by atoms with Crippen LogP contribution in [0.2, 0.25) is 0 Å². The molecule has 58 heavy (non-hydrogen) atoms. The number of hydrogen-bond acceptors (Lipinski definition) is 15.